The van der Waals surface area contributed by atoms with Crippen molar-refractivity contribution in [2.75, 3.05) is 5.32 Å². The molecule has 98 valence electrons. The smallest absolute Gasteiger partial charge is 0.228 e. The predicted molar refractivity (Wildman–Crippen MR) is 75.9 cm³/mol. The van der Waals surface area contributed by atoms with E-state index in [4.69, 9.17) is 5.11 Å². The zero-order chi connectivity index (χ0) is 13.7. The minimum Gasteiger partial charge on any atom is -0.392 e. The van der Waals surface area contributed by atoms with E-state index in [1.807, 2.05) is 49.4 Å². The van der Waals surface area contributed by atoms with Gasteiger partial charge in [0.2, 0.25) is 5.91 Å². The van der Waals surface area contributed by atoms with E-state index < -0.39 is 0 Å². The Morgan fingerprint density at radius 1 is 1.11 bits per heavy atom. The first kappa shape index (κ1) is 13.3. The number of carbonyl (C=O) groups is 1. The number of hydrogen-bond donors (Lipinski definition) is 2. The van der Waals surface area contributed by atoms with Gasteiger partial charge in [0.25, 0.3) is 0 Å². The van der Waals surface area contributed by atoms with Crippen LogP contribution in [-0.2, 0) is 17.8 Å². The molecule has 0 aliphatic rings. The summed E-state index contributed by atoms with van der Waals surface area (Å²) in [5.74, 6) is -0.0549. The number of amides is 1. The first-order chi connectivity index (χ1) is 9.17. The molecule has 0 aliphatic carbocycles. The Kier molecular flexibility index (Phi) is 4.31. The number of aliphatic hydroxyl groups excluding tert-OH is 1. The second kappa shape index (κ2) is 6.16. The summed E-state index contributed by atoms with van der Waals surface area (Å²) >= 11 is 0. The summed E-state index contributed by atoms with van der Waals surface area (Å²) in [7, 11) is 0. The lowest BCUT2D eigenvalue weighted by Crippen LogP contribution is -2.14. The molecule has 0 saturated carbocycles. The molecule has 0 spiro atoms. The first-order valence-corrected chi connectivity index (χ1v) is 6.22. The summed E-state index contributed by atoms with van der Waals surface area (Å²) in [5, 5.41) is 11.9. The van der Waals surface area contributed by atoms with Gasteiger partial charge >= 0.3 is 0 Å². The lowest BCUT2D eigenvalue weighted by Gasteiger charge is -2.07. The van der Waals surface area contributed by atoms with Gasteiger partial charge in [0.05, 0.1) is 13.0 Å². The Bertz CT molecular complexity index is 578. The van der Waals surface area contributed by atoms with Gasteiger partial charge < -0.3 is 10.4 Å². The van der Waals surface area contributed by atoms with E-state index >= 15 is 0 Å². The van der Waals surface area contributed by atoms with Gasteiger partial charge in [0.1, 0.15) is 0 Å². The van der Waals surface area contributed by atoms with Gasteiger partial charge in [-0.15, -0.1) is 0 Å². The van der Waals surface area contributed by atoms with Gasteiger partial charge in [0.15, 0.2) is 0 Å². The summed E-state index contributed by atoms with van der Waals surface area (Å²) < 4.78 is 0. The number of aliphatic hydroxyl groups is 1. The fraction of sp³-hybridized carbons (Fsp3) is 0.188. The molecule has 2 aromatic carbocycles. The van der Waals surface area contributed by atoms with E-state index in [2.05, 4.69) is 5.32 Å². The highest BCUT2D eigenvalue weighted by Gasteiger charge is 2.04. The summed E-state index contributed by atoms with van der Waals surface area (Å²) in [6, 6.07) is 15.1. The topological polar surface area (TPSA) is 49.3 Å². The lowest BCUT2D eigenvalue weighted by molar-refractivity contribution is -0.115. The highest BCUT2D eigenvalue weighted by Crippen LogP contribution is 2.12. The van der Waals surface area contributed by atoms with Crippen LogP contribution in [0.4, 0.5) is 5.69 Å². The van der Waals surface area contributed by atoms with Crippen molar-refractivity contribution in [3.05, 3.63) is 65.2 Å². The predicted octanol–water partition coefficient (Wildman–Crippen LogP) is 2.67. The van der Waals surface area contributed by atoms with Crippen molar-refractivity contribution in [1.82, 2.24) is 0 Å². The molecule has 0 radical (unpaired) electrons. The van der Waals surface area contributed by atoms with Crippen molar-refractivity contribution in [3.63, 3.8) is 0 Å². The van der Waals surface area contributed by atoms with Gasteiger partial charge in [0, 0.05) is 5.69 Å². The number of carbonyl (C=O) groups excluding carboxylic acids is 1. The molecule has 0 aliphatic heterocycles. The van der Waals surface area contributed by atoms with E-state index in [1.54, 1.807) is 6.07 Å². The third kappa shape index (κ3) is 3.93. The van der Waals surface area contributed by atoms with Crippen LogP contribution in [0.1, 0.15) is 16.7 Å². The average molecular weight is 255 g/mol. The monoisotopic (exact) mass is 255 g/mol. The maximum Gasteiger partial charge on any atom is 0.228 e. The molecule has 3 heteroatoms. The van der Waals surface area contributed by atoms with Crippen LogP contribution in [0.5, 0.6) is 0 Å². The van der Waals surface area contributed by atoms with Crippen LogP contribution in [0, 0.1) is 6.92 Å². The molecule has 0 atom stereocenters. The van der Waals surface area contributed by atoms with Crippen LogP contribution < -0.4 is 5.32 Å². The van der Waals surface area contributed by atoms with Gasteiger partial charge in [-0.25, -0.2) is 0 Å². The zero-order valence-corrected chi connectivity index (χ0v) is 10.9. The Labute approximate surface area is 112 Å². The van der Waals surface area contributed by atoms with Crippen LogP contribution in [0.15, 0.2) is 48.5 Å². The Morgan fingerprint density at radius 2 is 1.84 bits per heavy atom. The second-order valence-electron chi connectivity index (χ2n) is 4.57. The fourth-order valence-electron chi connectivity index (χ4n) is 1.96. The largest absolute Gasteiger partial charge is 0.392 e. The van der Waals surface area contributed by atoms with Gasteiger partial charge in [-0.1, -0.05) is 42.0 Å². The Hall–Kier alpha value is -2.13. The molecule has 2 N–H and O–H groups in total. The summed E-state index contributed by atoms with van der Waals surface area (Å²) in [5.41, 5.74) is 3.64. The minimum atomic E-state index is -0.0549. The quantitative estimate of drug-likeness (QED) is 0.882. The SMILES string of the molecule is Cc1cccc(CC(=O)Nc2cccc(CO)c2)c1. The molecule has 2 rings (SSSR count). The highest BCUT2D eigenvalue weighted by molar-refractivity contribution is 5.92. The standard InChI is InChI=1S/C16H17NO2/c1-12-4-2-5-13(8-12)10-16(19)17-15-7-3-6-14(9-15)11-18/h2-9,18H,10-11H2,1H3,(H,17,19). The normalized spacial score (nSPS) is 10.2. The van der Waals surface area contributed by atoms with Gasteiger partial charge in [-0.3, -0.25) is 4.79 Å². The van der Waals surface area contributed by atoms with Crippen LogP contribution in [0.2, 0.25) is 0 Å². The molecule has 0 fully saturated rings. The maximum absolute atomic E-state index is 11.9. The van der Waals surface area contributed by atoms with E-state index in [0.29, 0.717) is 12.1 Å². The Balaban J connectivity index is 2.01. The molecule has 0 saturated heterocycles. The lowest BCUT2D eigenvalue weighted by atomic mass is 10.1. The Morgan fingerprint density at radius 3 is 2.58 bits per heavy atom. The molecule has 19 heavy (non-hydrogen) atoms. The number of anilines is 1. The van der Waals surface area contributed by atoms with Crippen molar-refractivity contribution in [2.45, 2.75) is 20.0 Å². The summed E-state index contributed by atoms with van der Waals surface area (Å²) in [4.78, 5) is 11.9. The second-order valence-corrected chi connectivity index (χ2v) is 4.57. The van der Waals surface area contributed by atoms with Gasteiger partial charge in [-0.2, -0.15) is 0 Å². The fourth-order valence-corrected chi connectivity index (χ4v) is 1.96. The van der Waals surface area contributed by atoms with Crippen LogP contribution >= 0.6 is 0 Å². The van der Waals surface area contributed by atoms with E-state index in [9.17, 15) is 4.79 Å². The molecule has 0 heterocycles. The van der Waals surface area contributed by atoms with E-state index in [-0.39, 0.29) is 12.5 Å². The molecule has 1 amide bonds. The summed E-state index contributed by atoms with van der Waals surface area (Å²) in [6.07, 6.45) is 0.352. The molecule has 3 nitrogen and oxygen atoms in total. The van der Waals surface area contributed by atoms with Crippen molar-refractivity contribution in [2.24, 2.45) is 0 Å². The molecular weight excluding hydrogens is 238 g/mol. The highest BCUT2D eigenvalue weighted by atomic mass is 16.3. The number of aryl methyl sites for hydroxylation is 1. The third-order valence-electron chi connectivity index (χ3n) is 2.84. The molecule has 0 bridgehead atoms. The number of nitrogens with one attached hydrogen (secondary N) is 1. The third-order valence-corrected chi connectivity index (χ3v) is 2.84. The number of benzene rings is 2. The maximum atomic E-state index is 11.9. The van der Waals surface area contributed by atoms with E-state index in [0.717, 1.165) is 16.7 Å². The number of rotatable bonds is 4. The first-order valence-electron chi connectivity index (χ1n) is 6.22. The van der Waals surface area contributed by atoms with Crippen molar-refractivity contribution < 1.29 is 9.90 Å². The van der Waals surface area contributed by atoms with Crippen molar-refractivity contribution >= 4 is 11.6 Å². The molecule has 2 aromatic rings. The van der Waals surface area contributed by atoms with Crippen molar-refractivity contribution in [1.29, 1.82) is 0 Å². The van der Waals surface area contributed by atoms with Crippen LogP contribution in [0.3, 0.4) is 0 Å². The zero-order valence-electron chi connectivity index (χ0n) is 10.9. The number of hydrogen-bond acceptors (Lipinski definition) is 2. The van der Waals surface area contributed by atoms with Crippen molar-refractivity contribution in [3.8, 4) is 0 Å². The van der Waals surface area contributed by atoms with Crippen LogP contribution in [0.25, 0.3) is 0 Å². The van der Waals surface area contributed by atoms with Crippen LogP contribution in [-0.4, -0.2) is 11.0 Å². The minimum absolute atomic E-state index is 0.0262. The van der Waals surface area contributed by atoms with E-state index in [1.165, 1.54) is 0 Å². The van der Waals surface area contributed by atoms with Gasteiger partial charge in [-0.05, 0) is 30.2 Å². The molecule has 0 unspecified atom stereocenters. The molecular formula is C16H17NO2. The average Bonchev–Trinajstić information content (AvgIpc) is 2.38. The summed E-state index contributed by atoms with van der Waals surface area (Å²) in [6.45, 7) is 1.98. The molecule has 0 aromatic heterocycles.